The fourth-order valence-corrected chi connectivity index (χ4v) is 2.01. The van der Waals surface area contributed by atoms with Crippen LogP contribution in [0.15, 0.2) is 24.3 Å². The Labute approximate surface area is 122 Å². The number of nitrogens with zero attached hydrogens (tertiary/aromatic N) is 1. The predicted octanol–water partition coefficient (Wildman–Crippen LogP) is 2.22. The van der Waals surface area contributed by atoms with Gasteiger partial charge in [0.1, 0.15) is 6.54 Å². The summed E-state index contributed by atoms with van der Waals surface area (Å²) in [4.78, 5) is 35.6. The fourth-order valence-electron chi connectivity index (χ4n) is 2.01. The first kappa shape index (κ1) is 15.0. The molecule has 2 N–H and O–H groups in total. The zero-order chi connectivity index (χ0) is 15.4. The van der Waals surface area contributed by atoms with Gasteiger partial charge in [0, 0.05) is 17.8 Å². The number of aliphatic carboxylic acids is 1. The molecule has 1 aliphatic rings. The number of hydrogen-bond acceptors (Lipinski definition) is 3. The second-order valence-corrected chi connectivity index (χ2v) is 5.28. The maximum absolute atomic E-state index is 12.2. The summed E-state index contributed by atoms with van der Waals surface area (Å²) in [6, 6.07) is 6.13. The molecule has 0 radical (unpaired) electrons. The zero-order valence-corrected chi connectivity index (χ0v) is 11.8. The summed E-state index contributed by atoms with van der Waals surface area (Å²) in [5.74, 6) is -0.728. The summed E-state index contributed by atoms with van der Waals surface area (Å²) >= 11 is 0. The molecule has 1 aromatic carbocycles. The van der Waals surface area contributed by atoms with Crippen molar-refractivity contribution in [3.05, 3.63) is 29.8 Å². The maximum Gasteiger partial charge on any atom is 0.323 e. The summed E-state index contributed by atoms with van der Waals surface area (Å²) in [6.45, 7) is 1.57. The number of carbonyl (C=O) groups is 3. The molecule has 1 aliphatic carbocycles. The number of nitrogens with one attached hydrogen (secondary N) is 1. The summed E-state index contributed by atoms with van der Waals surface area (Å²) in [6.07, 6.45) is 2.06. The number of hydrogen-bond donors (Lipinski definition) is 2. The summed E-state index contributed by atoms with van der Waals surface area (Å²) in [5, 5.41) is 11.5. The third-order valence-corrected chi connectivity index (χ3v) is 3.31. The van der Waals surface area contributed by atoms with Gasteiger partial charge in [-0.1, -0.05) is 12.1 Å². The maximum atomic E-state index is 12.2. The highest BCUT2D eigenvalue weighted by Crippen LogP contribution is 2.29. The topological polar surface area (TPSA) is 86.7 Å². The Balaban J connectivity index is 2.04. The van der Waals surface area contributed by atoms with E-state index in [0.717, 1.165) is 12.8 Å². The molecule has 0 unspecified atom stereocenters. The van der Waals surface area contributed by atoms with Crippen molar-refractivity contribution >= 4 is 23.5 Å². The molecule has 1 saturated carbocycles. The van der Waals surface area contributed by atoms with Crippen LogP contribution < -0.4 is 5.32 Å². The van der Waals surface area contributed by atoms with E-state index in [2.05, 4.69) is 5.32 Å². The Morgan fingerprint density at radius 2 is 2.05 bits per heavy atom. The Morgan fingerprint density at radius 3 is 2.62 bits per heavy atom. The number of ketones is 1. The van der Waals surface area contributed by atoms with E-state index in [1.54, 1.807) is 24.3 Å². The van der Waals surface area contributed by atoms with Gasteiger partial charge in [-0.25, -0.2) is 4.79 Å². The molecule has 0 aliphatic heterocycles. The minimum atomic E-state index is -1.04. The number of benzene rings is 1. The van der Waals surface area contributed by atoms with Crippen LogP contribution in [-0.4, -0.2) is 40.9 Å². The largest absolute Gasteiger partial charge is 0.480 e. The van der Waals surface area contributed by atoms with E-state index in [1.165, 1.54) is 11.8 Å². The highest BCUT2D eigenvalue weighted by molar-refractivity contribution is 5.97. The lowest BCUT2D eigenvalue weighted by atomic mass is 10.1. The quantitative estimate of drug-likeness (QED) is 0.786. The average Bonchev–Trinajstić information content (AvgIpc) is 3.21. The van der Waals surface area contributed by atoms with Crippen molar-refractivity contribution in [3.8, 4) is 0 Å². The Morgan fingerprint density at radius 1 is 1.33 bits per heavy atom. The van der Waals surface area contributed by atoms with Crippen LogP contribution >= 0.6 is 0 Å². The highest BCUT2D eigenvalue weighted by Gasteiger charge is 2.28. The molecule has 0 atom stereocenters. The van der Waals surface area contributed by atoms with Crippen LogP contribution in [0.1, 0.15) is 30.1 Å². The first-order valence-corrected chi connectivity index (χ1v) is 6.84. The summed E-state index contributed by atoms with van der Waals surface area (Å²) < 4.78 is 0. The third-order valence-electron chi connectivity index (χ3n) is 3.31. The van der Waals surface area contributed by atoms with E-state index >= 15 is 0 Å². The van der Waals surface area contributed by atoms with Gasteiger partial charge in [0.05, 0.1) is 0 Å². The molecule has 0 spiro atoms. The van der Waals surface area contributed by atoms with Gasteiger partial charge in [-0.3, -0.25) is 9.59 Å². The van der Waals surface area contributed by atoms with Gasteiger partial charge in [-0.15, -0.1) is 0 Å². The lowest BCUT2D eigenvalue weighted by Crippen LogP contribution is -2.40. The number of amides is 2. The van der Waals surface area contributed by atoms with E-state index in [9.17, 15) is 14.4 Å². The number of carboxylic acid groups (broad SMARTS) is 1. The lowest BCUT2D eigenvalue weighted by Gasteiger charge is -2.21. The van der Waals surface area contributed by atoms with Gasteiger partial charge in [-0.05, 0) is 37.8 Å². The van der Waals surface area contributed by atoms with Gasteiger partial charge in [0.15, 0.2) is 5.78 Å². The van der Waals surface area contributed by atoms with E-state index in [-0.39, 0.29) is 12.3 Å². The molecule has 0 heterocycles. The van der Waals surface area contributed by atoms with Crippen LogP contribution in [0.2, 0.25) is 0 Å². The van der Waals surface area contributed by atoms with Gasteiger partial charge in [0.2, 0.25) is 0 Å². The smallest absolute Gasteiger partial charge is 0.323 e. The number of carbonyl (C=O) groups excluding carboxylic acids is 2. The van der Waals surface area contributed by atoms with E-state index < -0.39 is 12.0 Å². The number of urea groups is 1. The third kappa shape index (κ3) is 4.59. The summed E-state index contributed by atoms with van der Waals surface area (Å²) in [7, 11) is 0. The monoisotopic (exact) mass is 290 g/mol. The van der Waals surface area contributed by atoms with E-state index in [1.807, 2.05) is 0 Å². The van der Waals surface area contributed by atoms with Crippen molar-refractivity contribution in [1.82, 2.24) is 4.90 Å². The lowest BCUT2D eigenvalue weighted by molar-refractivity contribution is -0.137. The van der Waals surface area contributed by atoms with Crippen molar-refractivity contribution < 1.29 is 19.5 Å². The normalized spacial score (nSPS) is 13.6. The Hall–Kier alpha value is -2.37. The molecule has 21 heavy (non-hydrogen) atoms. The molecule has 2 rings (SSSR count). The molecule has 1 aromatic rings. The Kier molecular flexibility index (Phi) is 4.57. The average molecular weight is 290 g/mol. The molecule has 0 aromatic heterocycles. The van der Waals surface area contributed by atoms with Crippen LogP contribution in [0.25, 0.3) is 0 Å². The molecule has 2 amide bonds. The highest BCUT2D eigenvalue weighted by atomic mass is 16.4. The predicted molar refractivity (Wildman–Crippen MR) is 77.4 cm³/mol. The van der Waals surface area contributed by atoms with Crippen molar-refractivity contribution in [2.24, 2.45) is 5.92 Å². The second-order valence-electron chi connectivity index (χ2n) is 5.28. The minimum absolute atomic E-state index is 0.0912. The van der Waals surface area contributed by atoms with Gasteiger partial charge >= 0.3 is 12.0 Å². The molecule has 0 bridgehead atoms. The zero-order valence-electron chi connectivity index (χ0n) is 11.8. The van der Waals surface area contributed by atoms with Crippen LogP contribution in [0.3, 0.4) is 0 Å². The van der Waals surface area contributed by atoms with E-state index in [4.69, 9.17) is 5.11 Å². The number of Topliss-reactive ketones (excluding diaryl/α,β-unsaturated/α-hetero) is 1. The van der Waals surface area contributed by atoms with Gasteiger partial charge in [-0.2, -0.15) is 0 Å². The molecule has 6 nitrogen and oxygen atoms in total. The molecule has 1 fully saturated rings. The number of carboxylic acids is 1. The van der Waals surface area contributed by atoms with Crippen LogP contribution in [0.5, 0.6) is 0 Å². The van der Waals surface area contributed by atoms with Crippen LogP contribution in [0.4, 0.5) is 10.5 Å². The number of rotatable bonds is 6. The SMILES string of the molecule is CC(=O)c1cccc(NC(=O)N(CC(=O)O)CC2CC2)c1. The van der Waals surface area contributed by atoms with Gasteiger partial charge in [0.25, 0.3) is 0 Å². The first-order valence-electron chi connectivity index (χ1n) is 6.84. The van der Waals surface area contributed by atoms with Crippen molar-refractivity contribution in [2.75, 3.05) is 18.4 Å². The Bertz CT molecular complexity index is 567. The van der Waals surface area contributed by atoms with Crippen LogP contribution in [-0.2, 0) is 4.79 Å². The number of anilines is 1. The fraction of sp³-hybridized carbons (Fsp3) is 0.400. The molecule has 112 valence electrons. The van der Waals surface area contributed by atoms with Crippen molar-refractivity contribution in [2.45, 2.75) is 19.8 Å². The van der Waals surface area contributed by atoms with Crippen molar-refractivity contribution in [3.63, 3.8) is 0 Å². The molecular weight excluding hydrogens is 272 g/mol. The minimum Gasteiger partial charge on any atom is -0.480 e. The standard InChI is InChI=1S/C15H18N2O4/c1-10(18)12-3-2-4-13(7-12)16-15(21)17(9-14(19)20)8-11-5-6-11/h2-4,7,11H,5-6,8-9H2,1H3,(H,16,21)(H,19,20). The molecule has 0 saturated heterocycles. The van der Waals surface area contributed by atoms with E-state index in [0.29, 0.717) is 23.7 Å². The second kappa shape index (κ2) is 6.39. The molecule has 6 heteroatoms. The summed E-state index contributed by atoms with van der Waals surface area (Å²) in [5.41, 5.74) is 0.985. The van der Waals surface area contributed by atoms with Crippen LogP contribution in [0, 0.1) is 5.92 Å². The van der Waals surface area contributed by atoms with Gasteiger partial charge < -0.3 is 15.3 Å². The molecular formula is C15H18N2O4. The first-order chi connectivity index (χ1) is 9.95. The van der Waals surface area contributed by atoms with Crippen molar-refractivity contribution in [1.29, 1.82) is 0 Å².